The van der Waals surface area contributed by atoms with Crippen molar-refractivity contribution in [2.45, 2.75) is 25.1 Å². The minimum Gasteiger partial charge on any atom is -0.336 e. The number of rotatable bonds is 7. The first-order valence-corrected chi connectivity index (χ1v) is 11.8. The fraction of sp³-hybridized carbons (Fsp3) is 0.192. The van der Waals surface area contributed by atoms with Crippen molar-refractivity contribution in [2.24, 2.45) is 0 Å². The standard InChI is InChI=1S/C26H21ClF3N3O2S/c27-19-11-9-17(10-12-19)13-14-32-22(16-23(34)31-20-6-2-1-3-7-20)24(35)33(25(32)36)21-8-4-5-18(15-21)26(28,29)30/h1-12,15,22H,13-14,16H2,(H,31,34)/t22-/m0/s1. The minimum atomic E-state index is -4.58. The summed E-state index contributed by atoms with van der Waals surface area (Å²) in [6, 6.07) is 19.4. The molecule has 5 nitrogen and oxygen atoms in total. The Morgan fingerprint density at radius 1 is 1.00 bits per heavy atom. The lowest BCUT2D eigenvalue weighted by Crippen LogP contribution is -2.39. The quantitative estimate of drug-likeness (QED) is 0.384. The van der Waals surface area contributed by atoms with Gasteiger partial charge in [-0.15, -0.1) is 0 Å². The minimum absolute atomic E-state index is 0.00212. The van der Waals surface area contributed by atoms with Crippen molar-refractivity contribution in [3.05, 3.63) is 95.0 Å². The van der Waals surface area contributed by atoms with E-state index in [1.54, 1.807) is 47.4 Å². The number of nitrogens with zero attached hydrogens (tertiary/aromatic N) is 2. The monoisotopic (exact) mass is 531 g/mol. The van der Waals surface area contributed by atoms with Crippen LogP contribution in [0.3, 0.4) is 0 Å². The lowest BCUT2D eigenvalue weighted by atomic mass is 10.1. The van der Waals surface area contributed by atoms with E-state index in [0.717, 1.165) is 22.6 Å². The zero-order chi connectivity index (χ0) is 25.9. The molecule has 0 saturated carbocycles. The first-order chi connectivity index (χ1) is 17.1. The van der Waals surface area contributed by atoms with Gasteiger partial charge >= 0.3 is 6.18 Å². The van der Waals surface area contributed by atoms with Gasteiger partial charge in [-0.1, -0.05) is 48.0 Å². The Labute approximate surface area is 216 Å². The lowest BCUT2D eigenvalue weighted by Gasteiger charge is -2.24. The van der Waals surface area contributed by atoms with E-state index in [0.29, 0.717) is 17.1 Å². The molecule has 186 valence electrons. The summed E-state index contributed by atoms with van der Waals surface area (Å²) in [5, 5.41) is 3.37. The number of nitrogens with one attached hydrogen (secondary N) is 1. The summed E-state index contributed by atoms with van der Waals surface area (Å²) in [5.74, 6) is -0.969. The van der Waals surface area contributed by atoms with Crippen molar-refractivity contribution in [3.8, 4) is 0 Å². The number of halogens is 4. The predicted molar refractivity (Wildman–Crippen MR) is 137 cm³/mol. The van der Waals surface area contributed by atoms with Crippen LogP contribution in [-0.2, 0) is 22.2 Å². The fourth-order valence-electron chi connectivity index (χ4n) is 3.96. The van der Waals surface area contributed by atoms with Gasteiger partial charge in [-0.2, -0.15) is 13.2 Å². The third kappa shape index (κ3) is 5.85. The number of amides is 2. The van der Waals surface area contributed by atoms with Crippen LogP contribution in [0.1, 0.15) is 17.5 Å². The Hall–Kier alpha value is -3.43. The van der Waals surface area contributed by atoms with Crippen molar-refractivity contribution in [1.82, 2.24) is 4.90 Å². The number of anilines is 2. The molecular formula is C26H21ClF3N3O2S. The molecule has 36 heavy (non-hydrogen) atoms. The maximum atomic E-state index is 13.4. The summed E-state index contributed by atoms with van der Waals surface area (Å²) < 4.78 is 39.9. The van der Waals surface area contributed by atoms with Crippen LogP contribution >= 0.6 is 23.8 Å². The molecular weight excluding hydrogens is 511 g/mol. The van der Waals surface area contributed by atoms with Gasteiger partial charge in [0.15, 0.2) is 5.11 Å². The first kappa shape index (κ1) is 25.7. The van der Waals surface area contributed by atoms with Gasteiger partial charge in [0.25, 0.3) is 5.91 Å². The SMILES string of the molecule is O=C(C[C@H]1C(=O)N(c2cccc(C(F)(F)F)c2)C(=S)N1CCc1ccc(Cl)cc1)Nc1ccccc1. The molecule has 1 atom stereocenters. The van der Waals surface area contributed by atoms with Crippen molar-refractivity contribution < 1.29 is 22.8 Å². The van der Waals surface area contributed by atoms with Crippen LogP contribution in [0.5, 0.6) is 0 Å². The molecule has 1 aliphatic rings. The normalized spacial score (nSPS) is 15.9. The average molecular weight is 532 g/mol. The second-order valence-corrected chi connectivity index (χ2v) is 9.01. The topological polar surface area (TPSA) is 52.7 Å². The first-order valence-electron chi connectivity index (χ1n) is 11.0. The molecule has 1 aliphatic heterocycles. The van der Waals surface area contributed by atoms with Gasteiger partial charge < -0.3 is 10.2 Å². The molecule has 1 saturated heterocycles. The number of hydrogen-bond acceptors (Lipinski definition) is 3. The van der Waals surface area contributed by atoms with E-state index in [-0.39, 0.29) is 23.8 Å². The molecule has 1 fully saturated rings. The zero-order valence-corrected chi connectivity index (χ0v) is 20.4. The molecule has 4 rings (SSSR count). The molecule has 0 aromatic heterocycles. The smallest absolute Gasteiger partial charge is 0.336 e. The van der Waals surface area contributed by atoms with Crippen LogP contribution < -0.4 is 10.2 Å². The summed E-state index contributed by atoms with van der Waals surface area (Å²) in [4.78, 5) is 28.9. The largest absolute Gasteiger partial charge is 0.416 e. The second-order valence-electron chi connectivity index (χ2n) is 8.21. The van der Waals surface area contributed by atoms with E-state index in [1.165, 1.54) is 12.1 Å². The van der Waals surface area contributed by atoms with Gasteiger partial charge in [0.2, 0.25) is 5.91 Å². The van der Waals surface area contributed by atoms with E-state index >= 15 is 0 Å². The number of hydrogen-bond donors (Lipinski definition) is 1. The van der Waals surface area contributed by atoms with Crippen LogP contribution in [0, 0.1) is 0 Å². The maximum Gasteiger partial charge on any atom is 0.416 e. The molecule has 0 bridgehead atoms. The van der Waals surface area contributed by atoms with Gasteiger partial charge in [-0.05, 0) is 66.7 Å². The molecule has 3 aromatic rings. The third-order valence-corrected chi connectivity index (χ3v) is 6.41. The van der Waals surface area contributed by atoms with Gasteiger partial charge in [0.05, 0.1) is 17.7 Å². The van der Waals surface area contributed by atoms with E-state index in [9.17, 15) is 22.8 Å². The predicted octanol–water partition coefficient (Wildman–Crippen LogP) is 5.93. The van der Waals surface area contributed by atoms with E-state index in [1.807, 2.05) is 12.1 Å². The number of alkyl halides is 3. The summed E-state index contributed by atoms with van der Waals surface area (Å²) in [6.45, 7) is 0.283. The Kier molecular flexibility index (Phi) is 7.61. The summed E-state index contributed by atoms with van der Waals surface area (Å²) in [6.07, 6.45) is -4.31. The van der Waals surface area contributed by atoms with Gasteiger partial charge in [-0.3, -0.25) is 14.5 Å². The van der Waals surface area contributed by atoms with Gasteiger partial charge in [-0.25, -0.2) is 0 Å². The maximum absolute atomic E-state index is 13.4. The fourth-order valence-corrected chi connectivity index (χ4v) is 4.50. The van der Waals surface area contributed by atoms with Crippen LogP contribution in [0.4, 0.5) is 24.5 Å². The highest BCUT2D eigenvalue weighted by Gasteiger charge is 2.44. The number of para-hydroxylation sites is 1. The molecule has 0 radical (unpaired) electrons. The molecule has 0 aliphatic carbocycles. The molecule has 0 spiro atoms. The molecule has 1 heterocycles. The molecule has 3 aromatic carbocycles. The van der Waals surface area contributed by atoms with Crippen molar-refractivity contribution in [2.75, 3.05) is 16.8 Å². The van der Waals surface area contributed by atoms with Crippen LogP contribution in [0.15, 0.2) is 78.9 Å². The zero-order valence-electron chi connectivity index (χ0n) is 18.8. The van der Waals surface area contributed by atoms with Gasteiger partial charge in [0.1, 0.15) is 6.04 Å². The highest BCUT2D eigenvalue weighted by Crippen LogP contribution is 2.34. The van der Waals surface area contributed by atoms with Crippen molar-refractivity contribution in [3.63, 3.8) is 0 Å². The lowest BCUT2D eigenvalue weighted by molar-refractivity contribution is -0.137. The van der Waals surface area contributed by atoms with Crippen LogP contribution in [-0.4, -0.2) is 34.4 Å². The summed E-state index contributed by atoms with van der Waals surface area (Å²) >= 11 is 11.5. The van der Waals surface area contributed by atoms with Crippen molar-refractivity contribution in [1.29, 1.82) is 0 Å². The van der Waals surface area contributed by atoms with Crippen LogP contribution in [0.2, 0.25) is 5.02 Å². The molecule has 1 N–H and O–H groups in total. The summed E-state index contributed by atoms with van der Waals surface area (Å²) in [5.41, 5.74) is 0.605. The van der Waals surface area contributed by atoms with Gasteiger partial charge in [0, 0.05) is 17.3 Å². The van der Waals surface area contributed by atoms with Crippen molar-refractivity contribution >= 4 is 52.1 Å². The summed E-state index contributed by atoms with van der Waals surface area (Å²) in [7, 11) is 0. The van der Waals surface area contributed by atoms with E-state index < -0.39 is 29.6 Å². The third-order valence-electron chi connectivity index (χ3n) is 5.74. The van der Waals surface area contributed by atoms with Crippen LogP contribution in [0.25, 0.3) is 0 Å². The Morgan fingerprint density at radius 2 is 1.69 bits per heavy atom. The second kappa shape index (κ2) is 10.7. The number of carbonyl (C=O) groups excluding carboxylic acids is 2. The highest BCUT2D eigenvalue weighted by atomic mass is 35.5. The van der Waals surface area contributed by atoms with E-state index in [4.69, 9.17) is 23.8 Å². The number of thiocarbonyl (C=S) groups is 1. The Morgan fingerprint density at radius 3 is 2.36 bits per heavy atom. The molecule has 0 unspecified atom stereocenters. The molecule has 2 amide bonds. The highest BCUT2D eigenvalue weighted by molar-refractivity contribution is 7.80. The van der Waals surface area contributed by atoms with E-state index in [2.05, 4.69) is 5.32 Å². The molecule has 10 heteroatoms. The number of carbonyl (C=O) groups is 2. The number of benzene rings is 3. The Balaban J connectivity index is 1.60. The average Bonchev–Trinajstić information content (AvgIpc) is 3.07. The Bertz CT molecular complexity index is 1270.